The van der Waals surface area contributed by atoms with E-state index in [9.17, 15) is 8.42 Å². The van der Waals surface area contributed by atoms with Gasteiger partial charge >= 0.3 is 0 Å². The fourth-order valence-corrected chi connectivity index (χ4v) is 1.20. The molecule has 1 aromatic heterocycles. The van der Waals surface area contributed by atoms with Crippen LogP contribution >= 0.6 is 22.9 Å². The van der Waals surface area contributed by atoms with Gasteiger partial charge in [0.2, 0.25) is 0 Å². The van der Waals surface area contributed by atoms with E-state index in [1.807, 2.05) is 22.9 Å². The Morgan fingerprint density at radius 3 is 2.83 bits per heavy atom. The van der Waals surface area contributed by atoms with E-state index >= 15 is 0 Å². The van der Waals surface area contributed by atoms with Crippen molar-refractivity contribution < 1.29 is 12.6 Å². The van der Waals surface area contributed by atoms with Gasteiger partial charge in [0.25, 0.3) is 10.1 Å². The SMILES string of the molecule is CS(=O)(=O)OCc1ncn(I)n1. The Labute approximate surface area is 83.6 Å². The van der Waals surface area contributed by atoms with Crippen molar-refractivity contribution in [1.82, 2.24) is 13.0 Å². The second-order valence-electron chi connectivity index (χ2n) is 2.02. The Balaban J connectivity index is 2.55. The molecule has 0 N–H and O–H groups in total. The summed E-state index contributed by atoms with van der Waals surface area (Å²) in [6.45, 7) is -0.116. The van der Waals surface area contributed by atoms with Crippen LogP contribution in [0.3, 0.4) is 0 Å². The lowest BCUT2D eigenvalue weighted by Gasteiger charge is -1.94. The molecule has 1 heterocycles. The topological polar surface area (TPSA) is 74.1 Å². The largest absolute Gasteiger partial charge is 0.264 e. The number of hydrogen-bond acceptors (Lipinski definition) is 5. The summed E-state index contributed by atoms with van der Waals surface area (Å²) in [6.07, 6.45) is 2.44. The van der Waals surface area contributed by atoms with Gasteiger partial charge in [0, 0.05) is 0 Å². The molecule has 0 aliphatic heterocycles. The van der Waals surface area contributed by atoms with Crippen LogP contribution < -0.4 is 0 Å². The van der Waals surface area contributed by atoms with Gasteiger partial charge in [0.15, 0.2) is 5.82 Å². The van der Waals surface area contributed by atoms with Gasteiger partial charge in [-0.2, -0.15) is 11.3 Å². The Morgan fingerprint density at radius 2 is 2.42 bits per heavy atom. The zero-order valence-electron chi connectivity index (χ0n) is 6.14. The van der Waals surface area contributed by atoms with Gasteiger partial charge in [0.05, 0.1) is 29.1 Å². The predicted molar refractivity (Wildman–Crippen MR) is 49.1 cm³/mol. The number of nitrogens with zero attached hydrogens (tertiary/aromatic N) is 3. The fourth-order valence-electron chi connectivity index (χ4n) is 0.502. The second-order valence-corrected chi connectivity index (χ2v) is 4.65. The van der Waals surface area contributed by atoms with Crippen LogP contribution in [0.2, 0.25) is 0 Å². The highest BCUT2D eigenvalue weighted by atomic mass is 127. The Hall–Kier alpha value is -0.220. The molecule has 0 atom stereocenters. The average Bonchev–Trinajstić information content (AvgIpc) is 2.30. The molecule has 0 aliphatic carbocycles. The number of aromatic nitrogens is 3. The molecular formula is C4H6IN3O3S. The summed E-state index contributed by atoms with van der Waals surface area (Å²) in [4.78, 5) is 3.77. The van der Waals surface area contributed by atoms with Crippen molar-refractivity contribution in [2.24, 2.45) is 0 Å². The molecule has 0 amide bonds. The van der Waals surface area contributed by atoms with E-state index in [-0.39, 0.29) is 6.61 Å². The standard InChI is InChI=1S/C4H6IN3O3S/c1-12(9,10)11-2-4-6-3-8(5)7-4/h3H,2H2,1H3. The Morgan fingerprint density at radius 1 is 1.75 bits per heavy atom. The van der Waals surface area contributed by atoms with E-state index in [1.165, 1.54) is 9.22 Å². The number of halogens is 1. The molecule has 12 heavy (non-hydrogen) atoms. The smallest absolute Gasteiger partial charge is 0.262 e. The maximum absolute atomic E-state index is 10.5. The second kappa shape index (κ2) is 3.66. The van der Waals surface area contributed by atoms with E-state index < -0.39 is 10.1 Å². The summed E-state index contributed by atoms with van der Waals surface area (Å²) in [5.74, 6) is 0.342. The maximum Gasteiger partial charge on any atom is 0.264 e. The summed E-state index contributed by atoms with van der Waals surface area (Å²) in [6, 6.07) is 0. The lowest BCUT2D eigenvalue weighted by molar-refractivity contribution is 0.302. The lowest BCUT2D eigenvalue weighted by Crippen LogP contribution is -2.03. The third kappa shape index (κ3) is 3.45. The predicted octanol–water partition coefficient (Wildman–Crippen LogP) is -0.0476. The summed E-state index contributed by atoms with van der Waals surface area (Å²) in [5, 5.41) is 3.82. The van der Waals surface area contributed by atoms with Crippen molar-refractivity contribution in [1.29, 1.82) is 0 Å². The molecule has 6 nitrogen and oxygen atoms in total. The van der Waals surface area contributed by atoms with Crippen LogP contribution in [-0.4, -0.2) is 27.7 Å². The van der Waals surface area contributed by atoms with Gasteiger partial charge in [-0.25, -0.2) is 4.98 Å². The zero-order valence-corrected chi connectivity index (χ0v) is 9.11. The van der Waals surface area contributed by atoms with Crippen molar-refractivity contribution in [3.05, 3.63) is 12.2 Å². The van der Waals surface area contributed by atoms with Crippen molar-refractivity contribution in [3.8, 4) is 0 Å². The van der Waals surface area contributed by atoms with Gasteiger partial charge in [-0.1, -0.05) is 0 Å². The minimum atomic E-state index is -3.40. The van der Waals surface area contributed by atoms with Crippen molar-refractivity contribution >= 4 is 33.0 Å². The molecule has 0 fully saturated rings. The van der Waals surface area contributed by atoms with Gasteiger partial charge in [-0.15, -0.1) is 5.10 Å². The molecule has 0 unspecified atom stereocenters. The van der Waals surface area contributed by atoms with Crippen molar-refractivity contribution in [2.45, 2.75) is 6.61 Å². The van der Waals surface area contributed by atoms with Gasteiger partial charge in [-0.05, 0) is 0 Å². The molecule has 0 saturated heterocycles. The molecule has 68 valence electrons. The summed E-state index contributed by atoms with van der Waals surface area (Å²) >= 11 is 1.90. The Bertz CT molecular complexity index is 359. The molecule has 1 rings (SSSR count). The van der Waals surface area contributed by atoms with Gasteiger partial charge in [0.1, 0.15) is 12.9 Å². The lowest BCUT2D eigenvalue weighted by atomic mass is 10.7. The van der Waals surface area contributed by atoms with E-state index in [0.29, 0.717) is 5.82 Å². The molecule has 0 spiro atoms. The maximum atomic E-state index is 10.5. The molecule has 0 radical (unpaired) electrons. The van der Waals surface area contributed by atoms with Crippen LogP contribution in [0.25, 0.3) is 0 Å². The molecule has 1 aromatic rings. The van der Waals surface area contributed by atoms with Crippen LogP contribution in [-0.2, 0) is 20.9 Å². The molecule has 0 bridgehead atoms. The first-order chi connectivity index (χ1) is 5.47. The van der Waals surface area contributed by atoms with E-state index in [1.54, 1.807) is 0 Å². The van der Waals surface area contributed by atoms with Crippen molar-refractivity contribution in [2.75, 3.05) is 6.26 Å². The first-order valence-electron chi connectivity index (χ1n) is 2.88. The summed E-state index contributed by atoms with van der Waals surface area (Å²) < 4.78 is 27.0. The first kappa shape index (κ1) is 9.86. The summed E-state index contributed by atoms with van der Waals surface area (Å²) in [5.41, 5.74) is 0. The van der Waals surface area contributed by atoms with Gasteiger partial charge in [-0.3, -0.25) is 4.18 Å². The minimum absolute atomic E-state index is 0.116. The Kier molecular flexibility index (Phi) is 3.01. The molecule has 8 heteroatoms. The molecule has 0 saturated carbocycles. The highest BCUT2D eigenvalue weighted by Crippen LogP contribution is 1.98. The monoisotopic (exact) mass is 303 g/mol. The van der Waals surface area contributed by atoms with E-state index in [4.69, 9.17) is 0 Å². The first-order valence-corrected chi connectivity index (χ1v) is 5.66. The summed E-state index contributed by atoms with van der Waals surface area (Å²) in [7, 11) is -3.40. The quantitative estimate of drug-likeness (QED) is 0.578. The van der Waals surface area contributed by atoms with E-state index in [2.05, 4.69) is 14.3 Å². The molecule has 0 aliphatic rings. The number of rotatable bonds is 3. The van der Waals surface area contributed by atoms with Crippen LogP contribution in [0.15, 0.2) is 6.33 Å². The highest BCUT2D eigenvalue weighted by molar-refractivity contribution is 14.1. The van der Waals surface area contributed by atoms with Crippen LogP contribution in [0, 0.1) is 0 Å². The minimum Gasteiger partial charge on any atom is -0.262 e. The molecule has 0 aromatic carbocycles. The van der Waals surface area contributed by atoms with Gasteiger partial charge < -0.3 is 0 Å². The highest BCUT2D eigenvalue weighted by Gasteiger charge is 2.05. The normalized spacial score (nSPS) is 11.8. The van der Waals surface area contributed by atoms with E-state index in [0.717, 1.165) is 6.26 Å². The average molecular weight is 303 g/mol. The third-order valence-corrected chi connectivity index (χ3v) is 1.93. The number of hydrogen-bond donors (Lipinski definition) is 0. The van der Waals surface area contributed by atoms with Crippen LogP contribution in [0.1, 0.15) is 5.82 Å². The van der Waals surface area contributed by atoms with Crippen molar-refractivity contribution in [3.63, 3.8) is 0 Å². The fraction of sp³-hybridized carbons (Fsp3) is 0.500. The third-order valence-electron chi connectivity index (χ3n) is 0.915. The zero-order chi connectivity index (χ0) is 9.19. The molecular weight excluding hydrogens is 297 g/mol. The van der Waals surface area contributed by atoms with Crippen LogP contribution in [0.5, 0.6) is 0 Å². The van der Waals surface area contributed by atoms with Crippen LogP contribution in [0.4, 0.5) is 0 Å².